The molecule has 0 saturated carbocycles. The van der Waals surface area contributed by atoms with Crippen molar-refractivity contribution < 1.29 is 14.3 Å². The first kappa shape index (κ1) is 27.4. The number of carbonyl (C=O) groups is 1. The standard InChI is InChI=1S/C25H32Cl4O3/c1-4-5-6-7-11-19(21-15-10-13-18-12-8-9-14-20(18)21)16-17-24(2,3)32-23(30)31-22(26)25(27,28)29/h8-10,12-15,19,22H,4-7,11,16-17H2,1-3H3. The molecule has 0 amide bonds. The summed E-state index contributed by atoms with van der Waals surface area (Å²) < 4.78 is 8.47. The fourth-order valence-corrected chi connectivity index (χ4v) is 4.06. The van der Waals surface area contributed by atoms with Crippen molar-refractivity contribution in [1.29, 1.82) is 0 Å². The SMILES string of the molecule is CCCCCCC(CCC(C)(C)OC(=O)OC(Cl)C(Cl)(Cl)Cl)c1cccc2ccccc12. The van der Waals surface area contributed by atoms with Crippen molar-refractivity contribution in [3.05, 3.63) is 48.0 Å². The number of benzene rings is 2. The van der Waals surface area contributed by atoms with E-state index >= 15 is 0 Å². The van der Waals surface area contributed by atoms with Crippen LogP contribution in [0.4, 0.5) is 4.79 Å². The Bertz CT molecular complexity index is 858. The second kappa shape index (κ2) is 12.6. The summed E-state index contributed by atoms with van der Waals surface area (Å²) in [6, 6.07) is 14.9. The first-order valence-electron chi connectivity index (χ1n) is 11.1. The van der Waals surface area contributed by atoms with Crippen LogP contribution >= 0.6 is 46.4 Å². The Kier molecular flexibility index (Phi) is 10.7. The van der Waals surface area contributed by atoms with E-state index in [0.717, 1.165) is 12.8 Å². The molecule has 0 aromatic heterocycles. The summed E-state index contributed by atoms with van der Waals surface area (Å²) in [6.07, 6.45) is 6.50. The van der Waals surface area contributed by atoms with Crippen LogP contribution < -0.4 is 0 Å². The molecule has 0 spiro atoms. The Morgan fingerprint density at radius 2 is 1.66 bits per heavy atom. The van der Waals surface area contributed by atoms with Gasteiger partial charge in [0.1, 0.15) is 5.60 Å². The van der Waals surface area contributed by atoms with Gasteiger partial charge in [-0.15, -0.1) is 0 Å². The van der Waals surface area contributed by atoms with Crippen molar-refractivity contribution in [2.24, 2.45) is 0 Å². The van der Waals surface area contributed by atoms with Crippen molar-refractivity contribution in [2.75, 3.05) is 0 Å². The number of hydrogen-bond donors (Lipinski definition) is 0. The number of ether oxygens (including phenoxy) is 2. The van der Waals surface area contributed by atoms with Gasteiger partial charge >= 0.3 is 6.16 Å². The second-order valence-corrected chi connectivity index (χ2v) is 11.5. The van der Waals surface area contributed by atoms with Crippen LogP contribution in [0.25, 0.3) is 10.8 Å². The minimum atomic E-state index is -1.93. The van der Waals surface area contributed by atoms with Gasteiger partial charge < -0.3 is 9.47 Å². The molecule has 2 atom stereocenters. The molecular weight excluding hydrogens is 490 g/mol. The molecule has 178 valence electrons. The van der Waals surface area contributed by atoms with Gasteiger partial charge in [0, 0.05) is 0 Å². The van der Waals surface area contributed by atoms with Crippen LogP contribution in [0.2, 0.25) is 0 Å². The summed E-state index contributed by atoms with van der Waals surface area (Å²) in [6.45, 7) is 5.92. The molecule has 2 unspecified atom stereocenters. The predicted octanol–water partition coefficient (Wildman–Crippen LogP) is 9.54. The highest BCUT2D eigenvalue weighted by Crippen LogP contribution is 2.37. The van der Waals surface area contributed by atoms with Crippen LogP contribution in [0.15, 0.2) is 42.5 Å². The van der Waals surface area contributed by atoms with Crippen molar-refractivity contribution in [1.82, 2.24) is 0 Å². The van der Waals surface area contributed by atoms with Gasteiger partial charge in [0.15, 0.2) is 0 Å². The number of alkyl halides is 4. The molecule has 0 aliphatic rings. The fourth-order valence-electron chi connectivity index (χ4n) is 3.85. The third-order valence-corrected chi connectivity index (χ3v) is 6.93. The lowest BCUT2D eigenvalue weighted by Gasteiger charge is -2.28. The van der Waals surface area contributed by atoms with E-state index in [-0.39, 0.29) is 0 Å². The van der Waals surface area contributed by atoms with E-state index < -0.39 is 21.1 Å². The van der Waals surface area contributed by atoms with Crippen LogP contribution in [0.5, 0.6) is 0 Å². The average molecular weight is 522 g/mol. The fraction of sp³-hybridized carbons (Fsp3) is 0.560. The van der Waals surface area contributed by atoms with E-state index in [1.54, 1.807) is 0 Å². The van der Waals surface area contributed by atoms with Crippen molar-refractivity contribution in [3.63, 3.8) is 0 Å². The van der Waals surface area contributed by atoms with Crippen molar-refractivity contribution in [3.8, 4) is 0 Å². The monoisotopic (exact) mass is 520 g/mol. The van der Waals surface area contributed by atoms with Crippen LogP contribution in [0.1, 0.15) is 77.2 Å². The molecule has 0 aliphatic carbocycles. The lowest BCUT2D eigenvalue weighted by atomic mass is 9.84. The Balaban J connectivity index is 2.09. The molecule has 3 nitrogen and oxygen atoms in total. The third kappa shape index (κ3) is 8.82. The number of rotatable bonds is 11. The number of unbranched alkanes of at least 4 members (excludes halogenated alkanes) is 3. The van der Waals surface area contributed by atoms with E-state index in [9.17, 15) is 4.79 Å². The summed E-state index contributed by atoms with van der Waals surface area (Å²) in [7, 11) is 0. The van der Waals surface area contributed by atoms with Gasteiger partial charge in [-0.05, 0) is 55.4 Å². The molecule has 0 N–H and O–H groups in total. The minimum absolute atomic E-state index is 0.360. The molecule has 7 heteroatoms. The lowest BCUT2D eigenvalue weighted by molar-refractivity contribution is -0.0267. The first-order chi connectivity index (χ1) is 15.0. The Morgan fingerprint density at radius 3 is 2.34 bits per heavy atom. The van der Waals surface area contributed by atoms with E-state index in [4.69, 9.17) is 55.9 Å². The lowest BCUT2D eigenvalue weighted by Crippen LogP contribution is -2.33. The summed E-state index contributed by atoms with van der Waals surface area (Å²) in [5.74, 6) is 0.360. The molecule has 2 rings (SSSR count). The van der Waals surface area contributed by atoms with Crippen LogP contribution in [0.3, 0.4) is 0 Å². The van der Waals surface area contributed by atoms with Gasteiger partial charge in [-0.2, -0.15) is 0 Å². The maximum absolute atomic E-state index is 12.1. The summed E-state index contributed by atoms with van der Waals surface area (Å²) in [4.78, 5) is 12.1. The highest BCUT2D eigenvalue weighted by Gasteiger charge is 2.36. The molecule has 2 aromatic carbocycles. The Labute approximate surface area is 211 Å². The van der Waals surface area contributed by atoms with Gasteiger partial charge in [0.2, 0.25) is 9.36 Å². The summed E-state index contributed by atoms with van der Waals surface area (Å²) in [5, 5.41) is 2.52. The molecule has 0 bridgehead atoms. The molecule has 0 fully saturated rings. The number of carbonyl (C=O) groups excluding carboxylic acids is 1. The maximum Gasteiger partial charge on any atom is 0.510 e. The first-order valence-corrected chi connectivity index (χ1v) is 12.7. The second-order valence-electron chi connectivity index (χ2n) is 8.74. The van der Waals surface area contributed by atoms with Crippen LogP contribution in [-0.2, 0) is 9.47 Å². The van der Waals surface area contributed by atoms with Gasteiger partial charge in [-0.1, -0.05) is 121 Å². The maximum atomic E-state index is 12.1. The topological polar surface area (TPSA) is 35.5 Å². The van der Waals surface area contributed by atoms with E-state index in [0.29, 0.717) is 12.3 Å². The zero-order chi connectivity index (χ0) is 23.8. The molecule has 32 heavy (non-hydrogen) atoms. The molecule has 2 aromatic rings. The molecule has 0 aliphatic heterocycles. The zero-order valence-electron chi connectivity index (χ0n) is 18.9. The largest absolute Gasteiger partial charge is 0.510 e. The molecular formula is C25H32Cl4O3. The summed E-state index contributed by atoms with van der Waals surface area (Å²) in [5.41, 5.74) is -0.846. The van der Waals surface area contributed by atoms with E-state index in [1.807, 2.05) is 13.8 Å². The minimum Gasteiger partial charge on any atom is -0.428 e. The van der Waals surface area contributed by atoms with E-state index in [2.05, 4.69) is 49.4 Å². The number of fused-ring (bicyclic) bond motifs is 1. The third-order valence-electron chi connectivity index (χ3n) is 5.58. The van der Waals surface area contributed by atoms with Crippen molar-refractivity contribution >= 4 is 63.3 Å². The highest BCUT2D eigenvalue weighted by molar-refractivity contribution is 6.70. The van der Waals surface area contributed by atoms with E-state index in [1.165, 1.54) is 42.0 Å². The predicted molar refractivity (Wildman–Crippen MR) is 136 cm³/mol. The number of halogens is 4. The van der Waals surface area contributed by atoms with Crippen molar-refractivity contribution in [2.45, 2.75) is 86.6 Å². The van der Waals surface area contributed by atoms with Gasteiger partial charge in [0.25, 0.3) is 0 Å². The van der Waals surface area contributed by atoms with Crippen LogP contribution in [-0.4, -0.2) is 21.1 Å². The normalized spacial score (nSPS) is 14.2. The quantitative estimate of drug-likeness (QED) is 0.168. The number of hydrogen-bond acceptors (Lipinski definition) is 3. The Hall–Kier alpha value is -0.870. The van der Waals surface area contributed by atoms with Gasteiger partial charge in [-0.3, -0.25) is 0 Å². The van der Waals surface area contributed by atoms with Gasteiger partial charge in [-0.25, -0.2) is 4.79 Å². The molecule has 0 radical (unpaired) electrons. The average Bonchev–Trinajstić information content (AvgIpc) is 2.71. The summed E-state index contributed by atoms with van der Waals surface area (Å²) >= 11 is 22.8. The highest BCUT2D eigenvalue weighted by atomic mass is 35.6. The molecule has 0 heterocycles. The molecule has 0 saturated heterocycles. The smallest absolute Gasteiger partial charge is 0.428 e. The van der Waals surface area contributed by atoms with Crippen LogP contribution in [0, 0.1) is 0 Å². The zero-order valence-corrected chi connectivity index (χ0v) is 21.9. The van der Waals surface area contributed by atoms with Gasteiger partial charge in [0.05, 0.1) is 0 Å². The Morgan fingerprint density at radius 1 is 0.969 bits per heavy atom.